The fraction of sp³-hybridized carbons (Fsp3) is 0.875. The van der Waals surface area contributed by atoms with Gasteiger partial charge in [0.25, 0.3) is 0 Å². The van der Waals surface area contributed by atoms with Crippen molar-refractivity contribution < 1.29 is 14.6 Å². The van der Waals surface area contributed by atoms with Crippen molar-refractivity contribution in [2.75, 3.05) is 6.61 Å². The van der Waals surface area contributed by atoms with Gasteiger partial charge in [-0.25, -0.2) is 0 Å². The van der Waals surface area contributed by atoms with Crippen molar-refractivity contribution in [1.82, 2.24) is 0 Å². The first-order valence-electron chi connectivity index (χ1n) is 4.10. The third-order valence-electron chi connectivity index (χ3n) is 2.07. The highest BCUT2D eigenvalue weighted by Gasteiger charge is 2.32. The molecule has 0 aliphatic heterocycles. The number of ether oxygens (including phenoxy) is 1. The monoisotopic (exact) mass is 158 g/mol. The van der Waals surface area contributed by atoms with E-state index >= 15 is 0 Å². The van der Waals surface area contributed by atoms with Crippen molar-refractivity contribution in [2.24, 2.45) is 5.92 Å². The Labute approximate surface area is 66.4 Å². The molecule has 1 N–H and O–H groups in total. The van der Waals surface area contributed by atoms with Crippen LogP contribution in [0, 0.1) is 5.92 Å². The van der Waals surface area contributed by atoms with Gasteiger partial charge in [-0.3, -0.25) is 4.79 Å². The van der Waals surface area contributed by atoms with Crippen LogP contribution < -0.4 is 0 Å². The first-order chi connectivity index (χ1) is 5.25. The zero-order valence-corrected chi connectivity index (χ0v) is 6.75. The number of aliphatic hydroxyl groups is 1. The highest BCUT2D eigenvalue weighted by molar-refractivity contribution is 5.73. The van der Waals surface area contributed by atoms with Gasteiger partial charge in [-0.05, 0) is 26.2 Å². The van der Waals surface area contributed by atoms with Crippen molar-refractivity contribution in [3.63, 3.8) is 0 Å². The van der Waals surface area contributed by atoms with Crippen LogP contribution in [0.4, 0.5) is 0 Å². The molecule has 0 heterocycles. The fourth-order valence-electron chi connectivity index (χ4n) is 1.46. The fourth-order valence-corrected chi connectivity index (χ4v) is 1.46. The molecule has 0 aromatic carbocycles. The van der Waals surface area contributed by atoms with Crippen LogP contribution in [0.3, 0.4) is 0 Å². The molecule has 3 nitrogen and oxygen atoms in total. The second kappa shape index (κ2) is 3.72. The van der Waals surface area contributed by atoms with Crippen molar-refractivity contribution in [3.05, 3.63) is 0 Å². The van der Waals surface area contributed by atoms with Crippen molar-refractivity contribution in [2.45, 2.75) is 32.3 Å². The van der Waals surface area contributed by atoms with Gasteiger partial charge in [0.2, 0.25) is 0 Å². The zero-order valence-electron chi connectivity index (χ0n) is 6.75. The molecular weight excluding hydrogens is 144 g/mol. The lowest BCUT2D eigenvalue weighted by Crippen LogP contribution is -2.24. The SMILES string of the molecule is CCOC(=O)C1CCC[C@H]1O. The Morgan fingerprint density at radius 1 is 1.64 bits per heavy atom. The van der Waals surface area contributed by atoms with E-state index in [0.29, 0.717) is 6.61 Å². The molecular formula is C8H14O3. The van der Waals surface area contributed by atoms with Gasteiger partial charge in [0.15, 0.2) is 0 Å². The minimum atomic E-state index is -0.464. The van der Waals surface area contributed by atoms with Crippen LogP contribution in [-0.2, 0) is 9.53 Å². The second-order valence-corrected chi connectivity index (χ2v) is 2.86. The van der Waals surface area contributed by atoms with Crippen LogP contribution >= 0.6 is 0 Å². The molecule has 1 aliphatic carbocycles. The molecule has 11 heavy (non-hydrogen) atoms. The summed E-state index contributed by atoms with van der Waals surface area (Å²) in [5.74, 6) is -0.493. The molecule has 1 rings (SSSR count). The second-order valence-electron chi connectivity index (χ2n) is 2.86. The van der Waals surface area contributed by atoms with Gasteiger partial charge in [0, 0.05) is 0 Å². The summed E-state index contributed by atoms with van der Waals surface area (Å²) in [5, 5.41) is 9.29. The van der Waals surface area contributed by atoms with Crippen LogP contribution in [0.2, 0.25) is 0 Å². The van der Waals surface area contributed by atoms with Gasteiger partial charge < -0.3 is 9.84 Å². The molecule has 0 amide bonds. The molecule has 1 saturated carbocycles. The van der Waals surface area contributed by atoms with E-state index in [0.717, 1.165) is 19.3 Å². The number of hydrogen-bond acceptors (Lipinski definition) is 3. The molecule has 0 aromatic heterocycles. The first kappa shape index (κ1) is 8.53. The van der Waals surface area contributed by atoms with E-state index in [9.17, 15) is 9.90 Å². The van der Waals surface area contributed by atoms with E-state index in [2.05, 4.69) is 0 Å². The standard InChI is InChI=1S/C8H14O3/c1-2-11-8(10)6-4-3-5-7(6)9/h6-7,9H,2-5H2,1H3/t6?,7-/m1/s1. The van der Waals surface area contributed by atoms with Gasteiger partial charge >= 0.3 is 5.97 Å². The molecule has 2 atom stereocenters. The Hall–Kier alpha value is -0.570. The average molecular weight is 158 g/mol. The maximum Gasteiger partial charge on any atom is 0.311 e. The van der Waals surface area contributed by atoms with E-state index in [1.165, 1.54) is 0 Å². The lowest BCUT2D eigenvalue weighted by molar-refractivity contribution is -0.150. The van der Waals surface area contributed by atoms with Gasteiger partial charge in [-0.15, -0.1) is 0 Å². The largest absolute Gasteiger partial charge is 0.466 e. The summed E-state index contributed by atoms with van der Waals surface area (Å²) >= 11 is 0. The van der Waals surface area contributed by atoms with Gasteiger partial charge in [-0.1, -0.05) is 0 Å². The van der Waals surface area contributed by atoms with Crippen LogP contribution in [0.25, 0.3) is 0 Å². The van der Waals surface area contributed by atoms with Gasteiger partial charge in [0.1, 0.15) is 0 Å². The number of hydrogen-bond donors (Lipinski definition) is 1. The highest BCUT2D eigenvalue weighted by Crippen LogP contribution is 2.26. The quantitative estimate of drug-likeness (QED) is 0.602. The number of rotatable bonds is 2. The number of carbonyl (C=O) groups is 1. The maximum absolute atomic E-state index is 11.1. The molecule has 1 fully saturated rings. The number of carbonyl (C=O) groups excluding carboxylic acids is 1. The summed E-state index contributed by atoms with van der Waals surface area (Å²) in [6.07, 6.45) is 1.99. The first-order valence-corrected chi connectivity index (χ1v) is 4.10. The molecule has 3 heteroatoms. The van der Waals surface area contributed by atoms with Crippen LogP contribution in [0.1, 0.15) is 26.2 Å². The van der Waals surface area contributed by atoms with E-state index in [1.54, 1.807) is 6.92 Å². The predicted molar refractivity (Wildman–Crippen MR) is 40.0 cm³/mol. The Kier molecular flexibility index (Phi) is 2.88. The van der Waals surface area contributed by atoms with Gasteiger partial charge in [0.05, 0.1) is 18.6 Å². The lowest BCUT2D eigenvalue weighted by Gasteiger charge is -2.11. The highest BCUT2D eigenvalue weighted by atomic mass is 16.5. The summed E-state index contributed by atoms with van der Waals surface area (Å²) in [7, 11) is 0. The van der Waals surface area contributed by atoms with E-state index < -0.39 is 6.10 Å². The lowest BCUT2D eigenvalue weighted by atomic mass is 10.1. The van der Waals surface area contributed by atoms with Crippen LogP contribution in [-0.4, -0.2) is 23.8 Å². The number of aliphatic hydroxyl groups excluding tert-OH is 1. The summed E-state index contributed by atoms with van der Waals surface area (Å²) < 4.78 is 4.80. The molecule has 0 aromatic rings. The number of esters is 1. The van der Waals surface area contributed by atoms with E-state index in [4.69, 9.17) is 4.74 Å². The molecule has 0 bridgehead atoms. The third-order valence-corrected chi connectivity index (χ3v) is 2.07. The third kappa shape index (κ3) is 1.93. The maximum atomic E-state index is 11.1. The Morgan fingerprint density at radius 2 is 2.36 bits per heavy atom. The molecule has 64 valence electrons. The summed E-state index contributed by atoms with van der Waals surface area (Å²) in [4.78, 5) is 11.1. The van der Waals surface area contributed by atoms with Crippen molar-refractivity contribution >= 4 is 5.97 Å². The minimum Gasteiger partial charge on any atom is -0.466 e. The summed E-state index contributed by atoms with van der Waals surface area (Å²) in [5.41, 5.74) is 0. The summed E-state index contributed by atoms with van der Waals surface area (Å²) in [6.45, 7) is 2.18. The summed E-state index contributed by atoms with van der Waals surface area (Å²) in [6, 6.07) is 0. The Bertz CT molecular complexity index is 144. The van der Waals surface area contributed by atoms with E-state index in [1.807, 2.05) is 0 Å². The Balaban J connectivity index is 2.39. The average Bonchev–Trinajstić information content (AvgIpc) is 2.36. The normalized spacial score (nSPS) is 30.4. The predicted octanol–water partition coefficient (Wildman–Crippen LogP) is 0.710. The molecule has 1 unspecified atom stereocenters. The Morgan fingerprint density at radius 3 is 2.82 bits per heavy atom. The molecule has 0 spiro atoms. The van der Waals surface area contributed by atoms with Crippen LogP contribution in [0.15, 0.2) is 0 Å². The van der Waals surface area contributed by atoms with Gasteiger partial charge in [-0.2, -0.15) is 0 Å². The zero-order chi connectivity index (χ0) is 8.27. The topological polar surface area (TPSA) is 46.5 Å². The van der Waals surface area contributed by atoms with Crippen LogP contribution in [0.5, 0.6) is 0 Å². The molecule has 0 radical (unpaired) electrons. The van der Waals surface area contributed by atoms with Crippen molar-refractivity contribution in [3.8, 4) is 0 Å². The minimum absolute atomic E-state index is 0.238. The molecule has 1 aliphatic rings. The van der Waals surface area contributed by atoms with E-state index in [-0.39, 0.29) is 11.9 Å². The molecule has 0 saturated heterocycles. The smallest absolute Gasteiger partial charge is 0.311 e. The van der Waals surface area contributed by atoms with Crippen molar-refractivity contribution in [1.29, 1.82) is 0 Å².